The largest absolute Gasteiger partial charge is 0.393 e. The first-order chi connectivity index (χ1) is 7.68. The molecule has 0 aromatic heterocycles. The van der Waals surface area contributed by atoms with Gasteiger partial charge < -0.3 is 14.7 Å². The van der Waals surface area contributed by atoms with E-state index < -0.39 is 0 Å². The van der Waals surface area contributed by atoms with Crippen LogP contribution in [-0.4, -0.2) is 47.8 Å². The van der Waals surface area contributed by atoms with Gasteiger partial charge in [-0.15, -0.1) is 0 Å². The number of nitrogens with zero attached hydrogens (tertiary/aromatic N) is 1. The lowest BCUT2D eigenvalue weighted by atomic mass is 9.83. The van der Waals surface area contributed by atoms with Crippen LogP contribution in [0.15, 0.2) is 0 Å². The molecule has 3 unspecified atom stereocenters. The lowest BCUT2D eigenvalue weighted by Crippen LogP contribution is -2.48. The highest BCUT2D eigenvalue weighted by atomic mass is 16.5. The van der Waals surface area contributed by atoms with Crippen molar-refractivity contribution in [2.75, 3.05) is 19.8 Å². The van der Waals surface area contributed by atoms with E-state index in [4.69, 9.17) is 4.74 Å². The van der Waals surface area contributed by atoms with Crippen LogP contribution in [0.1, 0.15) is 32.6 Å². The molecule has 4 heteroatoms. The third-order valence-corrected chi connectivity index (χ3v) is 3.76. The molecule has 0 aromatic carbocycles. The van der Waals surface area contributed by atoms with Crippen LogP contribution in [0.4, 0.5) is 0 Å². The molecule has 92 valence electrons. The molecular formula is C12H21NO3. The highest BCUT2D eigenvalue weighted by Gasteiger charge is 2.34. The van der Waals surface area contributed by atoms with Crippen molar-refractivity contribution in [2.45, 2.75) is 44.8 Å². The van der Waals surface area contributed by atoms with E-state index in [2.05, 4.69) is 6.92 Å². The van der Waals surface area contributed by atoms with Crippen LogP contribution < -0.4 is 0 Å². The van der Waals surface area contributed by atoms with E-state index in [0.29, 0.717) is 12.5 Å². The minimum absolute atomic E-state index is 0.0865. The van der Waals surface area contributed by atoms with Gasteiger partial charge in [0.15, 0.2) is 0 Å². The summed E-state index contributed by atoms with van der Waals surface area (Å²) in [6.07, 6.45) is 3.28. The molecule has 2 fully saturated rings. The summed E-state index contributed by atoms with van der Waals surface area (Å²) in [4.78, 5) is 13.8. The van der Waals surface area contributed by atoms with E-state index in [1.807, 2.05) is 4.90 Å². The lowest BCUT2D eigenvalue weighted by Gasteiger charge is -2.39. The van der Waals surface area contributed by atoms with Gasteiger partial charge in [0.05, 0.1) is 6.10 Å². The third kappa shape index (κ3) is 2.55. The molecule has 0 radical (unpaired) electrons. The Morgan fingerprint density at radius 2 is 2.25 bits per heavy atom. The van der Waals surface area contributed by atoms with Crippen molar-refractivity contribution in [1.82, 2.24) is 4.90 Å². The Kier molecular flexibility index (Phi) is 3.82. The van der Waals surface area contributed by atoms with Gasteiger partial charge in [0.1, 0.15) is 6.61 Å². The number of ether oxygens (including phenoxy) is 1. The van der Waals surface area contributed by atoms with Gasteiger partial charge >= 0.3 is 0 Å². The maximum Gasteiger partial charge on any atom is 0.248 e. The molecule has 4 nitrogen and oxygen atoms in total. The number of rotatable bonds is 1. The van der Waals surface area contributed by atoms with Crippen molar-refractivity contribution in [3.05, 3.63) is 0 Å². The molecule has 3 atom stereocenters. The molecule has 1 saturated heterocycles. The van der Waals surface area contributed by atoms with Crippen molar-refractivity contribution < 1.29 is 14.6 Å². The number of hydrogen-bond donors (Lipinski definition) is 1. The quantitative estimate of drug-likeness (QED) is 0.720. The fourth-order valence-electron chi connectivity index (χ4n) is 2.77. The maximum absolute atomic E-state index is 11.9. The van der Waals surface area contributed by atoms with Gasteiger partial charge in [-0.2, -0.15) is 0 Å². The topological polar surface area (TPSA) is 49.8 Å². The van der Waals surface area contributed by atoms with E-state index in [9.17, 15) is 9.90 Å². The number of hydrogen-bond acceptors (Lipinski definition) is 3. The van der Waals surface area contributed by atoms with Crippen LogP contribution in [-0.2, 0) is 9.53 Å². The molecule has 1 aliphatic carbocycles. The van der Waals surface area contributed by atoms with E-state index in [1.54, 1.807) is 0 Å². The summed E-state index contributed by atoms with van der Waals surface area (Å²) >= 11 is 0. The smallest absolute Gasteiger partial charge is 0.248 e. The van der Waals surface area contributed by atoms with Crippen LogP contribution in [0.2, 0.25) is 0 Å². The van der Waals surface area contributed by atoms with Crippen LogP contribution in [0.5, 0.6) is 0 Å². The zero-order chi connectivity index (χ0) is 11.5. The summed E-state index contributed by atoms with van der Waals surface area (Å²) in [6, 6.07) is 0.206. The van der Waals surface area contributed by atoms with E-state index in [1.165, 1.54) is 0 Å². The fourth-order valence-corrected chi connectivity index (χ4v) is 2.77. The van der Waals surface area contributed by atoms with E-state index >= 15 is 0 Å². The number of aliphatic hydroxyl groups excluding tert-OH is 1. The van der Waals surface area contributed by atoms with Crippen LogP contribution in [0.3, 0.4) is 0 Å². The SMILES string of the molecule is CC1CCC(O)CC1N1CCCOCC1=O. The second kappa shape index (κ2) is 5.15. The van der Waals surface area contributed by atoms with E-state index in [-0.39, 0.29) is 24.7 Å². The van der Waals surface area contributed by atoms with Gasteiger partial charge in [0.2, 0.25) is 5.91 Å². The van der Waals surface area contributed by atoms with Crippen molar-refractivity contribution in [2.24, 2.45) is 5.92 Å². The molecule has 1 heterocycles. The Hall–Kier alpha value is -0.610. The highest BCUT2D eigenvalue weighted by molar-refractivity contribution is 5.78. The number of carbonyl (C=O) groups excluding carboxylic acids is 1. The van der Waals surface area contributed by atoms with Gasteiger partial charge in [-0.1, -0.05) is 6.92 Å². The Bertz CT molecular complexity index is 257. The van der Waals surface area contributed by atoms with Gasteiger partial charge in [-0.05, 0) is 31.6 Å². The number of amides is 1. The predicted molar refractivity (Wildman–Crippen MR) is 60.0 cm³/mol. The first kappa shape index (κ1) is 11.9. The standard InChI is InChI=1S/C12H21NO3/c1-9-3-4-10(14)7-11(9)13-5-2-6-16-8-12(13)15/h9-11,14H,2-8H2,1H3. The van der Waals surface area contributed by atoms with Crippen LogP contribution in [0, 0.1) is 5.92 Å². The molecule has 1 saturated carbocycles. The van der Waals surface area contributed by atoms with Gasteiger partial charge in [-0.3, -0.25) is 4.79 Å². The average molecular weight is 227 g/mol. The highest BCUT2D eigenvalue weighted by Crippen LogP contribution is 2.29. The molecule has 1 aliphatic heterocycles. The second-order valence-electron chi connectivity index (χ2n) is 5.00. The molecule has 1 amide bonds. The Morgan fingerprint density at radius 3 is 3.06 bits per heavy atom. The van der Waals surface area contributed by atoms with Crippen molar-refractivity contribution in [1.29, 1.82) is 0 Å². The molecule has 0 aromatic rings. The molecule has 0 spiro atoms. The minimum Gasteiger partial charge on any atom is -0.393 e. The Morgan fingerprint density at radius 1 is 1.44 bits per heavy atom. The zero-order valence-electron chi connectivity index (χ0n) is 9.89. The lowest BCUT2D eigenvalue weighted by molar-refractivity contribution is -0.138. The monoisotopic (exact) mass is 227 g/mol. The summed E-state index contributed by atoms with van der Waals surface area (Å²) < 4.78 is 5.24. The first-order valence-electron chi connectivity index (χ1n) is 6.23. The minimum atomic E-state index is -0.238. The average Bonchev–Trinajstić information content (AvgIpc) is 2.47. The normalized spacial score (nSPS) is 37.2. The van der Waals surface area contributed by atoms with E-state index in [0.717, 1.165) is 32.2 Å². The molecular weight excluding hydrogens is 206 g/mol. The molecule has 0 bridgehead atoms. The second-order valence-corrected chi connectivity index (χ2v) is 5.00. The van der Waals surface area contributed by atoms with Crippen LogP contribution >= 0.6 is 0 Å². The van der Waals surface area contributed by atoms with Gasteiger partial charge in [-0.25, -0.2) is 0 Å². The molecule has 2 aliphatic rings. The van der Waals surface area contributed by atoms with Crippen molar-refractivity contribution in [3.63, 3.8) is 0 Å². The maximum atomic E-state index is 11.9. The Labute approximate surface area is 96.6 Å². The van der Waals surface area contributed by atoms with Crippen molar-refractivity contribution in [3.8, 4) is 0 Å². The summed E-state index contributed by atoms with van der Waals surface area (Å²) in [7, 11) is 0. The van der Waals surface area contributed by atoms with Gasteiger partial charge in [0, 0.05) is 19.2 Å². The zero-order valence-corrected chi connectivity index (χ0v) is 9.89. The first-order valence-corrected chi connectivity index (χ1v) is 6.23. The Balaban J connectivity index is 2.05. The predicted octanol–water partition coefficient (Wildman–Crippen LogP) is 0.785. The summed E-state index contributed by atoms with van der Waals surface area (Å²) in [5.74, 6) is 0.578. The summed E-state index contributed by atoms with van der Waals surface area (Å²) in [5, 5.41) is 9.72. The van der Waals surface area contributed by atoms with Gasteiger partial charge in [0.25, 0.3) is 0 Å². The van der Waals surface area contributed by atoms with Crippen LogP contribution in [0.25, 0.3) is 0 Å². The molecule has 2 rings (SSSR count). The van der Waals surface area contributed by atoms with Crippen molar-refractivity contribution >= 4 is 5.91 Å². The number of carbonyl (C=O) groups is 1. The fraction of sp³-hybridized carbons (Fsp3) is 0.917. The molecule has 16 heavy (non-hydrogen) atoms. The molecule has 1 N–H and O–H groups in total. The number of aliphatic hydroxyl groups is 1. The third-order valence-electron chi connectivity index (χ3n) is 3.76. The summed E-state index contributed by atoms with van der Waals surface area (Å²) in [6.45, 7) is 3.83. The summed E-state index contributed by atoms with van der Waals surface area (Å²) in [5.41, 5.74) is 0.